The normalized spacial score (nSPS) is 14.9. The third kappa shape index (κ3) is 6.75. The van der Waals surface area contributed by atoms with Gasteiger partial charge < -0.3 is 14.2 Å². The predicted octanol–water partition coefficient (Wildman–Crippen LogP) is 6.84. The highest BCUT2D eigenvalue weighted by Crippen LogP contribution is 2.37. The van der Waals surface area contributed by atoms with Crippen molar-refractivity contribution in [3.8, 4) is 11.5 Å². The molecule has 0 saturated carbocycles. The number of benzene rings is 3. The van der Waals surface area contributed by atoms with Gasteiger partial charge in [0.05, 0.1) is 39.1 Å². The van der Waals surface area contributed by atoms with Gasteiger partial charge in [-0.1, -0.05) is 68.7 Å². The van der Waals surface area contributed by atoms with E-state index in [4.69, 9.17) is 37.4 Å². The standard InChI is InChI=1S/C32H27BrCl2N2O5S/c1-17(2)42-31(39)28-18(3)36-32-37(29(28)23-15-21(33)8-12-26(23)40-4)30(38)27(43-32)14-19-5-9-22(10-6-19)41-16-20-7-11-24(34)25(35)13-20/h5-15,17,29H,16H2,1-4H3/b27-14-/t29-/m0/s1. The summed E-state index contributed by atoms with van der Waals surface area (Å²) in [7, 11) is 1.55. The minimum atomic E-state index is -0.797. The number of fused-ring (bicyclic) bond motifs is 1. The molecule has 0 saturated heterocycles. The van der Waals surface area contributed by atoms with Crippen LogP contribution in [0.1, 0.15) is 43.5 Å². The van der Waals surface area contributed by atoms with Crippen molar-refractivity contribution in [3.63, 3.8) is 0 Å². The molecule has 0 fully saturated rings. The largest absolute Gasteiger partial charge is 0.496 e. The molecular formula is C32H27BrCl2N2O5S. The molecule has 43 heavy (non-hydrogen) atoms. The zero-order valence-corrected chi connectivity index (χ0v) is 27.6. The highest BCUT2D eigenvalue weighted by molar-refractivity contribution is 9.10. The number of thiazole rings is 1. The summed E-state index contributed by atoms with van der Waals surface area (Å²) < 4.78 is 19.9. The van der Waals surface area contributed by atoms with E-state index < -0.39 is 12.0 Å². The Labute approximate surface area is 270 Å². The fraction of sp³-hybridized carbons (Fsp3) is 0.219. The molecule has 0 bridgehead atoms. The molecule has 0 aliphatic carbocycles. The van der Waals surface area contributed by atoms with E-state index >= 15 is 0 Å². The second kappa shape index (κ2) is 13.1. The topological polar surface area (TPSA) is 79.1 Å². The zero-order valence-electron chi connectivity index (χ0n) is 23.7. The number of hydrogen-bond acceptors (Lipinski definition) is 7. The van der Waals surface area contributed by atoms with Gasteiger partial charge >= 0.3 is 5.97 Å². The molecule has 4 aromatic rings. The maximum absolute atomic E-state index is 14.0. The Morgan fingerprint density at radius 1 is 1.09 bits per heavy atom. The number of halogens is 3. The second-order valence-electron chi connectivity index (χ2n) is 10.0. The summed E-state index contributed by atoms with van der Waals surface area (Å²) in [4.78, 5) is 32.5. The van der Waals surface area contributed by atoms with Crippen LogP contribution < -0.4 is 24.4 Å². The quantitative estimate of drug-likeness (QED) is 0.188. The average Bonchev–Trinajstić information content (AvgIpc) is 3.27. The van der Waals surface area contributed by atoms with Crippen molar-refractivity contribution in [2.75, 3.05) is 7.11 Å². The van der Waals surface area contributed by atoms with Crippen LogP contribution in [0.5, 0.6) is 11.5 Å². The molecular weight excluding hydrogens is 675 g/mol. The fourth-order valence-corrected chi connectivity index (χ4v) is 6.43. The molecule has 11 heteroatoms. The zero-order chi connectivity index (χ0) is 30.8. The average molecular weight is 702 g/mol. The Morgan fingerprint density at radius 2 is 1.84 bits per heavy atom. The molecule has 0 N–H and O–H groups in total. The minimum Gasteiger partial charge on any atom is -0.496 e. The SMILES string of the molecule is COc1ccc(Br)cc1[C@H]1C(C(=O)OC(C)C)=C(C)N=c2s/c(=C\c3ccc(OCc4ccc(Cl)c(Cl)c4)cc3)c(=O)n21. The molecule has 5 rings (SSSR count). The Kier molecular flexibility index (Phi) is 9.46. The van der Waals surface area contributed by atoms with E-state index in [1.165, 1.54) is 11.3 Å². The molecule has 1 aromatic heterocycles. The van der Waals surface area contributed by atoms with Gasteiger partial charge in [0.25, 0.3) is 5.56 Å². The number of carbonyl (C=O) groups is 1. The summed E-state index contributed by atoms with van der Waals surface area (Å²) >= 11 is 16.9. The van der Waals surface area contributed by atoms with Gasteiger partial charge in [-0.15, -0.1) is 0 Å². The number of rotatable bonds is 8. The molecule has 0 spiro atoms. The molecule has 3 aromatic carbocycles. The van der Waals surface area contributed by atoms with Crippen LogP contribution in [0, 0.1) is 0 Å². The molecule has 222 valence electrons. The molecule has 1 atom stereocenters. The lowest BCUT2D eigenvalue weighted by Crippen LogP contribution is -2.40. The van der Waals surface area contributed by atoms with Gasteiger partial charge in [-0.2, -0.15) is 0 Å². The maximum Gasteiger partial charge on any atom is 0.338 e. The smallest absolute Gasteiger partial charge is 0.338 e. The number of esters is 1. The number of ether oxygens (including phenoxy) is 3. The summed E-state index contributed by atoms with van der Waals surface area (Å²) in [6.45, 7) is 5.64. The first-order valence-corrected chi connectivity index (χ1v) is 15.7. The summed E-state index contributed by atoms with van der Waals surface area (Å²) in [5.74, 6) is 0.660. The Morgan fingerprint density at radius 3 is 2.51 bits per heavy atom. The molecule has 0 unspecified atom stereocenters. The van der Waals surface area contributed by atoms with Crippen LogP contribution in [-0.2, 0) is 16.1 Å². The monoisotopic (exact) mass is 700 g/mol. The van der Waals surface area contributed by atoms with Gasteiger partial charge in [0.1, 0.15) is 24.1 Å². The minimum absolute atomic E-state index is 0.280. The summed E-state index contributed by atoms with van der Waals surface area (Å²) in [6.07, 6.45) is 1.45. The van der Waals surface area contributed by atoms with Crippen molar-refractivity contribution in [1.29, 1.82) is 0 Å². The molecule has 2 heterocycles. The highest BCUT2D eigenvalue weighted by atomic mass is 79.9. The van der Waals surface area contributed by atoms with E-state index in [2.05, 4.69) is 20.9 Å². The lowest BCUT2D eigenvalue weighted by molar-refractivity contribution is -0.143. The van der Waals surface area contributed by atoms with E-state index in [1.807, 2.05) is 42.5 Å². The maximum atomic E-state index is 14.0. The van der Waals surface area contributed by atoms with E-state index in [9.17, 15) is 9.59 Å². The summed E-state index contributed by atoms with van der Waals surface area (Å²) in [5, 5.41) is 0.961. The van der Waals surface area contributed by atoms with Crippen molar-refractivity contribution >= 4 is 62.5 Å². The summed E-state index contributed by atoms with van der Waals surface area (Å²) in [5.41, 5.74) is 2.82. The Bertz CT molecular complexity index is 1920. The number of hydrogen-bond donors (Lipinski definition) is 0. The van der Waals surface area contributed by atoms with Gasteiger partial charge in [-0.25, -0.2) is 9.79 Å². The van der Waals surface area contributed by atoms with Crippen molar-refractivity contribution in [3.05, 3.63) is 123 Å². The number of aromatic nitrogens is 1. The predicted molar refractivity (Wildman–Crippen MR) is 173 cm³/mol. The van der Waals surface area contributed by atoms with Gasteiger partial charge in [0.15, 0.2) is 4.80 Å². The number of allylic oxidation sites excluding steroid dienone is 1. The third-order valence-electron chi connectivity index (χ3n) is 6.64. The van der Waals surface area contributed by atoms with Crippen LogP contribution in [0.4, 0.5) is 0 Å². The van der Waals surface area contributed by atoms with E-state index in [0.29, 0.717) is 48.7 Å². The second-order valence-corrected chi connectivity index (χ2v) is 12.8. The van der Waals surface area contributed by atoms with E-state index in [-0.39, 0.29) is 17.2 Å². The molecule has 1 aliphatic heterocycles. The first kappa shape index (κ1) is 31.1. The van der Waals surface area contributed by atoms with Crippen molar-refractivity contribution < 1.29 is 19.0 Å². The fourth-order valence-electron chi connectivity index (χ4n) is 4.68. The van der Waals surface area contributed by atoms with Crippen LogP contribution in [0.2, 0.25) is 10.0 Å². The number of carbonyl (C=O) groups excluding carboxylic acids is 1. The van der Waals surface area contributed by atoms with Gasteiger partial charge in [-0.05, 0) is 80.4 Å². The Balaban J connectivity index is 1.52. The van der Waals surface area contributed by atoms with Crippen LogP contribution in [0.15, 0.2) is 86.2 Å². The highest BCUT2D eigenvalue weighted by Gasteiger charge is 2.35. The van der Waals surface area contributed by atoms with Crippen molar-refractivity contribution in [2.24, 2.45) is 4.99 Å². The third-order valence-corrected chi connectivity index (χ3v) is 8.85. The molecule has 7 nitrogen and oxygen atoms in total. The lowest BCUT2D eigenvalue weighted by atomic mass is 9.95. The van der Waals surface area contributed by atoms with E-state index in [0.717, 1.165) is 15.6 Å². The summed E-state index contributed by atoms with van der Waals surface area (Å²) in [6, 6.07) is 17.4. The van der Waals surface area contributed by atoms with Crippen LogP contribution in [0.3, 0.4) is 0 Å². The number of nitrogens with zero attached hydrogens (tertiary/aromatic N) is 2. The molecule has 0 radical (unpaired) electrons. The Hall–Kier alpha value is -3.37. The van der Waals surface area contributed by atoms with Crippen LogP contribution in [-0.4, -0.2) is 23.8 Å². The molecule has 0 amide bonds. The first-order chi connectivity index (χ1) is 20.5. The van der Waals surface area contributed by atoms with Gasteiger partial charge in [-0.3, -0.25) is 9.36 Å². The van der Waals surface area contributed by atoms with Crippen molar-refractivity contribution in [1.82, 2.24) is 4.57 Å². The molecule has 1 aliphatic rings. The first-order valence-electron chi connectivity index (χ1n) is 13.3. The van der Waals surface area contributed by atoms with Gasteiger partial charge in [0.2, 0.25) is 0 Å². The van der Waals surface area contributed by atoms with Crippen molar-refractivity contribution in [2.45, 2.75) is 39.5 Å². The number of methoxy groups -OCH3 is 1. The van der Waals surface area contributed by atoms with E-state index in [1.54, 1.807) is 56.7 Å². The van der Waals surface area contributed by atoms with Gasteiger partial charge in [0, 0.05) is 10.0 Å². The van der Waals surface area contributed by atoms with Crippen LogP contribution in [0.25, 0.3) is 6.08 Å². The van der Waals surface area contributed by atoms with Crippen LogP contribution >= 0.6 is 50.5 Å². The lowest BCUT2D eigenvalue weighted by Gasteiger charge is -2.26.